The zero-order valence-corrected chi connectivity index (χ0v) is 15.9. The maximum atomic E-state index is 12.4. The molecule has 1 aliphatic heterocycles. The summed E-state index contributed by atoms with van der Waals surface area (Å²) in [7, 11) is 0. The number of likely N-dealkylation sites (tertiary alicyclic amines) is 1. The molecular weight excluding hydrogens is 374 g/mol. The molecule has 1 saturated carbocycles. The summed E-state index contributed by atoms with van der Waals surface area (Å²) in [5, 5.41) is 12.4. The fourth-order valence-electron chi connectivity index (χ4n) is 3.14. The first-order chi connectivity index (χ1) is 12.8. The predicted molar refractivity (Wildman–Crippen MR) is 95.9 cm³/mol. The van der Waals surface area contributed by atoms with E-state index < -0.39 is 17.9 Å². The minimum absolute atomic E-state index is 0.118. The number of carbonyl (C=O) groups is 4. The molecule has 9 nitrogen and oxygen atoms in total. The number of amides is 4. The number of imide groups is 1. The van der Waals surface area contributed by atoms with Gasteiger partial charge in [0, 0.05) is 25.4 Å². The number of H-pyrrole nitrogens is 1. The van der Waals surface area contributed by atoms with Crippen molar-refractivity contribution in [3.05, 3.63) is 16.4 Å². The summed E-state index contributed by atoms with van der Waals surface area (Å²) in [6.45, 7) is 3.44. The lowest BCUT2D eigenvalue weighted by Crippen LogP contribution is -2.51. The molecule has 3 N–H and O–H groups in total. The molecule has 1 aromatic rings. The smallest absolute Gasteiger partial charge is 0.273 e. The molecule has 1 aromatic heterocycles. The number of hydrogen-bond acceptors (Lipinski definition) is 5. The molecule has 1 aliphatic carbocycles. The number of aromatic amines is 1. The molecular formula is C17H22ClN5O4. The van der Waals surface area contributed by atoms with Crippen molar-refractivity contribution in [1.29, 1.82) is 0 Å². The van der Waals surface area contributed by atoms with Crippen LogP contribution in [0.15, 0.2) is 0 Å². The Bertz CT molecular complexity index is 772. The normalized spacial score (nSPS) is 19.1. The highest BCUT2D eigenvalue weighted by molar-refractivity contribution is 6.34. The third kappa shape index (κ3) is 4.13. The maximum absolute atomic E-state index is 12.4. The molecule has 2 atom stereocenters. The van der Waals surface area contributed by atoms with Crippen LogP contribution in [0, 0.1) is 12.8 Å². The molecule has 2 heterocycles. The highest BCUT2D eigenvalue weighted by Gasteiger charge is 2.37. The zero-order valence-electron chi connectivity index (χ0n) is 15.2. The van der Waals surface area contributed by atoms with Crippen molar-refractivity contribution in [3.63, 3.8) is 0 Å². The molecule has 0 bridgehead atoms. The third-order valence-corrected chi connectivity index (χ3v) is 5.41. The van der Waals surface area contributed by atoms with Gasteiger partial charge >= 0.3 is 0 Å². The van der Waals surface area contributed by atoms with Crippen LogP contribution in [0.2, 0.25) is 5.02 Å². The van der Waals surface area contributed by atoms with E-state index >= 15 is 0 Å². The van der Waals surface area contributed by atoms with Crippen LogP contribution in [0.5, 0.6) is 0 Å². The first-order valence-corrected chi connectivity index (χ1v) is 9.31. The summed E-state index contributed by atoms with van der Waals surface area (Å²) in [4.78, 5) is 49.3. The molecule has 146 valence electrons. The van der Waals surface area contributed by atoms with Crippen LogP contribution >= 0.6 is 11.6 Å². The molecule has 3 rings (SSSR count). The summed E-state index contributed by atoms with van der Waals surface area (Å²) in [5.41, 5.74) is 0.722. The lowest BCUT2D eigenvalue weighted by Gasteiger charge is -2.24. The first kappa shape index (κ1) is 19.3. The number of halogens is 1. The third-order valence-electron chi connectivity index (χ3n) is 4.95. The fraction of sp³-hybridized carbons (Fsp3) is 0.588. The van der Waals surface area contributed by atoms with Gasteiger partial charge in [0.15, 0.2) is 5.69 Å². The van der Waals surface area contributed by atoms with Gasteiger partial charge in [-0.1, -0.05) is 11.6 Å². The summed E-state index contributed by atoms with van der Waals surface area (Å²) in [6, 6.07) is -1.14. The first-order valence-electron chi connectivity index (χ1n) is 8.93. The highest BCUT2D eigenvalue weighted by atomic mass is 35.5. The molecule has 10 heteroatoms. The number of aromatic nitrogens is 2. The van der Waals surface area contributed by atoms with Gasteiger partial charge in [0.2, 0.25) is 17.7 Å². The van der Waals surface area contributed by atoms with E-state index in [0.717, 1.165) is 17.7 Å². The summed E-state index contributed by atoms with van der Waals surface area (Å²) < 4.78 is 0. The van der Waals surface area contributed by atoms with Crippen LogP contribution in [0.25, 0.3) is 0 Å². The van der Waals surface area contributed by atoms with E-state index in [9.17, 15) is 19.2 Å². The quantitative estimate of drug-likeness (QED) is 0.581. The van der Waals surface area contributed by atoms with E-state index in [1.165, 1.54) is 6.92 Å². The number of hydrogen-bond donors (Lipinski definition) is 3. The molecule has 2 fully saturated rings. The number of rotatable bonds is 7. The van der Waals surface area contributed by atoms with Crippen molar-refractivity contribution in [2.75, 3.05) is 6.54 Å². The standard InChI is InChI=1S/C17H22ClN5O4/c1-8-14(18)15(22-21-8)17(27)20-11(10-3-4-10)7-19-16(26)9(2)23-12(24)5-6-13(23)25/h9-11H,3-7H2,1-2H3,(H,19,26)(H,20,27)(H,21,22). The molecule has 2 aliphatic rings. The Hall–Kier alpha value is -2.42. The van der Waals surface area contributed by atoms with Crippen LogP contribution in [-0.4, -0.2) is 57.4 Å². The van der Waals surface area contributed by atoms with Crippen molar-refractivity contribution in [2.24, 2.45) is 5.92 Å². The predicted octanol–water partition coefficient (Wildman–Crippen LogP) is 0.534. The van der Waals surface area contributed by atoms with Gasteiger partial charge in [-0.15, -0.1) is 0 Å². The monoisotopic (exact) mass is 395 g/mol. The molecule has 1 saturated heterocycles. The Morgan fingerprint density at radius 2 is 1.93 bits per heavy atom. The average Bonchev–Trinajstić information content (AvgIpc) is 3.35. The van der Waals surface area contributed by atoms with Gasteiger partial charge in [0.1, 0.15) is 6.04 Å². The van der Waals surface area contributed by atoms with Crippen molar-refractivity contribution < 1.29 is 19.2 Å². The second-order valence-electron chi connectivity index (χ2n) is 7.01. The lowest BCUT2D eigenvalue weighted by molar-refractivity contribution is -0.146. The van der Waals surface area contributed by atoms with E-state index in [2.05, 4.69) is 20.8 Å². The van der Waals surface area contributed by atoms with Crippen LogP contribution in [0.4, 0.5) is 0 Å². The molecule has 4 amide bonds. The SMILES string of the molecule is Cc1[nH]nc(C(=O)NC(CNC(=O)C(C)N2C(=O)CCC2=O)C2CC2)c1Cl. The van der Waals surface area contributed by atoms with E-state index in [-0.39, 0.29) is 53.9 Å². The Morgan fingerprint density at radius 1 is 1.30 bits per heavy atom. The molecule has 0 aromatic carbocycles. The van der Waals surface area contributed by atoms with Crippen molar-refractivity contribution in [2.45, 2.75) is 51.6 Å². The van der Waals surface area contributed by atoms with Gasteiger partial charge in [-0.3, -0.25) is 29.2 Å². The topological polar surface area (TPSA) is 124 Å². The Labute approximate surface area is 161 Å². The van der Waals surface area contributed by atoms with Crippen LogP contribution in [0.1, 0.15) is 48.8 Å². The van der Waals surface area contributed by atoms with E-state index in [1.807, 2.05) is 0 Å². The van der Waals surface area contributed by atoms with Gasteiger partial charge < -0.3 is 10.6 Å². The molecule has 2 unspecified atom stereocenters. The van der Waals surface area contributed by atoms with Crippen LogP contribution < -0.4 is 10.6 Å². The average molecular weight is 396 g/mol. The van der Waals surface area contributed by atoms with Gasteiger partial charge in [-0.2, -0.15) is 5.10 Å². The van der Waals surface area contributed by atoms with E-state index in [4.69, 9.17) is 11.6 Å². The number of aryl methyl sites for hydroxylation is 1. The Morgan fingerprint density at radius 3 is 2.44 bits per heavy atom. The van der Waals surface area contributed by atoms with E-state index in [1.54, 1.807) is 6.92 Å². The molecule has 0 spiro atoms. The Kier molecular flexibility index (Phi) is 5.50. The molecule has 27 heavy (non-hydrogen) atoms. The minimum atomic E-state index is -0.869. The van der Waals surface area contributed by atoms with Gasteiger partial charge in [-0.25, -0.2) is 0 Å². The second kappa shape index (κ2) is 7.67. The van der Waals surface area contributed by atoms with Gasteiger partial charge in [0.05, 0.1) is 10.7 Å². The fourth-order valence-corrected chi connectivity index (χ4v) is 3.31. The second-order valence-corrected chi connectivity index (χ2v) is 7.39. The summed E-state index contributed by atoms with van der Waals surface area (Å²) in [5.74, 6) is -1.24. The number of nitrogens with one attached hydrogen (secondary N) is 3. The van der Waals surface area contributed by atoms with Crippen LogP contribution in [-0.2, 0) is 14.4 Å². The number of nitrogens with zero attached hydrogens (tertiary/aromatic N) is 2. The Balaban J connectivity index is 1.58. The maximum Gasteiger partial charge on any atom is 0.273 e. The van der Waals surface area contributed by atoms with Crippen molar-refractivity contribution in [1.82, 2.24) is 25.7 Å². The van der Waals surface area contributed by atoms with Crippen LogP contribution in [0.3, 0.4) is 0 Å². The summed E-state index contributed by atoms with van der Waals surface area (Å²) in [6.07, 6.45) is 2.18. The molecule has 0 radical (unpaired) electrons. The van der Waals surface area contributed by atoms with Crippen molar-refractivity contribution >= 4 is 35.2 Å². The summed E-state index contributed by atoms with van der Waals surface area (Å²) >= 11 is 6.06. The number of carbonyl (C=O) groups excluding carboxylic acids is 4. The van der Waals surface area contributed by atoms with Gasteiger partial charge in [-0.05, 0) is 32.6 Å². The largest absolute Gasteiger partial charge is 0.352 e. The lowest BCUT2D eigenvalue weighted by atomic mass is 10.1. The van der Waals surface area contributed by atoms with Gasteiger partial charge in [0.25, 0.3) is 5.91 Å². The van der Waals surface area contributed by atoms with E-state index in [0.29, 0.717) is 5.69 Å². The highest BCUT2D eigenvalue weighted by Crippen LogP contribution is 2.32. The minimum Gasteiger partial charge on any atom is -0.352 e. The zero-order chi connectivity index (χ0) is 19.7. The van der Waals surface area contributed by atoms with Crippen molar-refractivity contribution in [3.8, 4) is 0 Å².